The van der Waals surface area contributed by atoms with Gasteiger partial charge >= 0.3 is 0 Å². The van der Waals surface area contributed by atoms with Crippen LogP contribution in [0.25, 0.3) is 21.7 Å². The number of hydrogen-bond acceptors (Lipinski definition) is 6. The van der Waals surface area contributed by atoms with E-state index in [4.69, 9.17) is 16.6 Å². The summed E-state index contributed by atoms with van der Waals surface area (Å²) in [4.78, 5) is 4.72. The van der Waals surface area contributed by atoms with E-state index in [0.29, 0.717) is 23.8 Å². The monoisotopic (exact) mass is 402 g/mol. The number of nitrogens with zero attached hydrogens (tertiary/aromatic N) is 4. The Morgan fingerprint density at radius 1 is 1.56 bits per heavy atom. The number of anilines is 1. The van der Waals surface area contributed by atoms with Crippen LogP contribution in [0.5, 0.6) is 0 Å². The third kappa shape index (κ3) is 3.63. The van der Waals surface area contributed by atoms with Crippen molar-refractivity contribution in [3.05, 3.63) is 52.7 Å². The molecule has 3 heterocycles. The maximum atomic E-state index is 13.9. The Morgan fingerprint density at radius 2 is 2.41 bits per heavy atom. The molecule has 27 heavy (non-hydrogen) atoms. The molecule has 0 bridgehead atoms. The summed E-state index contributed by atoms with van der Waals surface area (Å²) in [7, 11) is 0. The van der Waals surface area contributed by atoms with Crippen LogP contribution in [0, 0.1) is 0 Å². The number of tetrazole rings is 1. The Morgan fingerprint density at radius 3 is 3.15 bits per heavy atom. The van der Waals surface area contributed by atoms with E-state index in [1.807, 2.05) is 11.5 Å². The molecule has 3 aromatic heterocycles. The van der Waals surface area contributed by atoms with Crippen LogP contribution in [0.1, 0.15) is 30.4 Å². The van der Waals surface area contributed by atoms with Crippen molar-refractivity contribution in [1.29, 1.82) is 0 Å². The number of hydrogen-bond donors (Lipinski definition) is 2. The van der Waals surface area contributed by atoms with Crippen LogP contribution in [-0.4, -0.2) is 31.0 Å². The summed E-state index contributed by atoms with van der Waals surface area (Å²) >= 11 is 7.41. The zero-order valence-electron chi connectivity index (χ0n) is 14.5. The lowest BCUT2D eigenvalue weighted by Gasteiger charge is -2.10. The van der Waals surface area contributed by atoms with Crippen LogP contribution in [0.2, 0.25) is 0 Å². The molecule has 6 nitrogen and oxygen atoms in total. The maximum Gasteiger partial charge on any atom is 0.175 e. The van der Waals surface area contributed by atoms with Crippen molar-refractivity contribution < 1.29 is 4.39 Å². The minimum absolute atomic E-state index is 0.158. The highest BCUT2D eigenvalue weighted by atomic mass is 35.5. The number of halogens is 2. The second kappa shape index (κ2) is 7.21. The maximum absolute atomic E-state index is 13.9. The Labute approximate surface area is 163 Å². The smallest absolute Gasteiger partial charge is 0.175 e. The number of aromatic amines is 1. The molecular weight excluding hydrogens is 387 g/mol. The van der Waals surface area contributed by atoms with Crippen molar-refractivity contribution in [3.63, 3.8) is 0 Å². The van der Waals surface area contributed by atoms with Crippen LogP contribution in [-0.2, 0) is 6.42 Å². The minimum Gasteiger partial charge on any atom is -0.339 e. The van der Waals surface area contributed by atoms with Gasteiger partial charge in [-0.2, -0.15) is 0 Å². The van der Waals surface area contributed by atoms with E-state index in [-0.39, 0.29) is 17.6 Å². The fourth-order valence-corrected chi connectivity index (χ4v) is 4.07. The number of H-pyrrole nitrogens is 1. The molecule has 1 unspecified atom stereocenters. The molecule has 0 fully saturated rings. The van der Waals surface area contributed by atoms with Crippen molar-refractivity contribution in [2.75, 3.05) is 5.32 Å². The number of fused-ring (bicyclic) bond motifs is 3. The van der Waals surface area contributed by atoms with Gasteiger partial charge in [0.1, 0.15) is 11.6 Å². The number of rotatable bonds is 6. The Balaban J connectivity index is 1.66. The fraction of sp³-hybridized carbons (Fsp3) is 0.222. The van der Waals surface area contributed by atoms with Gasteiger partial charge in [-0.25, -0.2) is 14.5 Å². The molecular formula is C18H16ClFN6S. The van der Waals surface area contributed by atoms with E-state index in [9.17, 15) is 4.39 Å². The molecule has 0 radical (unpaired) electrons. The molecule has 0 spiro atoms. The van der Waals surface area contributed by atoms with Crippen LogP contribution < -0.4 is 5.32 Å². The Hall–Kier alpha value is -2.58. The second-order valence-corrected chi connectivity index (χ2v) is 7.97. The normalized spacial score (nSPS) is 14.9. The molecule has 0 aromatic carbocycles. The molecule has 3 aromatic rings. The molecule has 1 atom stereocenters. The van der Waals surface area contributed by atoms with Gasteiger partial charge in [-0.15, -0.1) is 28.0 Å². The summed E-state index contributed by atoms with van der Waals surface area (Å²) < 4.78 is 14.9. The largest absolute Gasteiger partial charge is 0.339 e. The van der Waals surface area contributed by atoms with Crippen LogP contribution >= 0.6 is 22.9 Å². The first-order valence-electron chi connectivity index (χ1n) is 8.32. The van der Waals surface area contributed by atoms with Crippen LogP contribution in [0.3, 0.4) is 0 Å². The molecule has 138 valence electrons. The first-order chi connectivity index (χ1) is 13.0. The van der Waals surface area contributed by atoms with E-state index in [2.05, 4.69) is 38.6 Å². The van der Waals surface area contributed by atoms with Gasteiger partial charge in [0, 0.05) is 34.9 Å². The molecule has 0 aliphatic heterocycles. The standard InChI is InChI=1S/C18H16ClFN6S/c1-9(19)5-12(20)6-10(2)21-18-16-13(3-4-27-16)14-7-11(8-15(14)22-18)17-23-25-26-24-17/h3-4,6,8-9H,2,5,7H2,1H3,(H,21,22)(H,23,24,25,26)/b12-6+. The second-order valence-electron chi connectivity index (χ2n) is 6.31. The van der Waals surface area contributed by atoms with E-state index in [0.717, 1.165) is 26.9 Å². The Bertz CT molecular complexity index is 1070. The molecule has 0 saturated carbocycles. The summed E-state index contributed by atoms with van der Waals surface area (Å²) in [5, 5.41) is 20.0. The van der Waals surface area contributed by atoms with Crippen molar-refractivity contribution in [2.24, 2.45) is 0 Å². The first kappa shape index (κ1) is 17.8. The summed E-state index contributed by atoms with van der Waals surface area (Å²) in [6.45, 7) is 5.63. The van der Waals surface area contributed by atoms with E-state index in [1.165, 1.54) is 6.08 Å². The number of pyridine rings is 1. The minimum atomic E-state index is -0.321. The van der Waals surface area contributed by atoms with E-state index < -0.39 is 0 Å². The van der Waals surface area contributed by atoms with E-state index in [1.54, 1.807) is 18.3 Å². The fourth-order valence-electron chi connectivity index (χ4n) is 3.06. The predicted molar refractivity (Wildman–Crippen MR) is 107 cm³/mol. The van der Waals surface area contributed by atoms with Crippen molar-refractivity contribution in [2.45, 2.75) is 25.1 Å². The number of aromatic nitrogens is 5. The number of allylic oxidation sites excluding steroid dienone is 3. The average Bonchev–Trinajstić information content (AvgIpc) is 3.33. The summed E-state index contributed by atoms with van der Waals surface area (Å²) in [6, 6.07) is 2.06. The molecule has 1 aliphatic rings. The van der Waals surface area contributed by atoms with Gasteiger partial charge in [-0.05, 0) is 46.5 Å². The highest BCUT2D eigenvalue weighted by Crippen LogP contribution is 2.39. The predicted octanol–water partition coefficient (Wildman–Crippen LogP) is 4.70. The van der Waals surface area contributed by atoms with Gasteiger partial charge < -0.3 is 5.32 Å². The zero-order chi connectivity index (χ0) is 19.0. The highest BCUT2D eigenvalue weighted by molar-refractivity contribution is 7.17. The molecule has 4 rings (SSSR count). The van der Waals surface area contributed by atoms with Crippen molar-refractivity contribution >= 4 is 50.5 Å². The lowest BCUT2D eigenvalue weighted by Crippen LogP contribution is -2.02. The van der Waals surface area contributed by atoms with Gasteiger partial charge in [0.25, 0.3) is 0 Å². The SMILES string of the molecule is C=C(/C=C(/F)CC(C)Cl)Nc1nc2c(c3ccsc13)CC(c1nnn[nH]1)=C2. The molecule has 0 amide bonds. The number of thiophene rings is 1. The van der Waals surface area contributed by atoms with Gasteiger partial charge in [0.2, 0.25) is 0 Å². The Kier molecular flexibility index (Phi) is 4.75. The molecule has 9 heteroatoms. The van der Waals surface area contributed by atoms with E-state index >= 15 is 0 Å². The summed E-state index contributed by atoms with van der Waals surface area (Å²) in [5.74, 6) is 0.967. The van der Waals surface area contributed by atoms with Crippen LogP contribution in [0.15, 0.2) is 35.6 Å². The molecule has 1 aliphatic carbocycles. The third-order valence-electron chi connectivity index (χ3n) is 4.16. The topological polar surface area (TPSA) is 79.4 Å². The quantitative estimate of drug-likeness (QED) is 0.461. The third-order valence-corrected chi connectivity index (χ3v) is 5.24. The van der Waals surface area contributed by atoms with Gasteiger partial charge in [-0.3, -0.25) is 0 Å². The van der Waals surface area contributed by atoms with Crippen LogP contribution in [0.4, 0.5) is 10.2 Å². The van der Waals surface area contributed by atoms with Gasteiger partial charge in [0.05, 0.1) is 10.4 Å². The first-order valence-corrected chi connectivity index (χ1v) is 9.63. The van der Waals surface area contributed by atoms with Gasteiger partial charge in [-0.1, -0.05) is 6.58 Å². The summed E-state index contributed by atoms with van der Waals surface area (Å²) in [5.41, 5.74) is 3.38. The highest BCUT2D eigenvalue weighted by Gasteiger charge is 2.22. The van der Waals surface area contributed by atoms with Crippen molar-refractivity contribution in [3.8, 4) is 0 Å². The lowest BCUT2D eigenvalue weighted by atomic mass is 10.1. The van der Waals surface area contributed by atoms with Gasteiger partial charge in [0.15, 0.2) is 5.82 Å². The number of alkyl halides is 1. The molecule has 2 N–H and O–H groups in total. The lowest BCUT2D eigenvalue weighted by molar-refractivity contribution is 0.585. The zero-order valence-corrected chi connectivity index (χ0v) is 16.0. The average molecular weight is 403 g/mol. The number of nitrogens with one attached hydrogen (secondary N) is 2. The molecule has 0 saturated heterocycles. The summed E-state index contributed by atoms with van der Waals surface area (Å²) in [6.07, 6.45) is 4.18. The van der Waals surface area contributed by atoms with Crippen molar-refractivity contribution in [1.82, 2.24) is 25.6 Å².